The van der Waals surface area contributed by atoms with Crippen LogP contribution in [0.4, 0.5) is 0 Å². The summed E-state index contributed by atoms with van der Waals surface area (Å²) in [7, 11) is 1.91. The van der Waals surface area contributed by atoms with Crippen LogP contribution in [0.3, 0.4) is 0 Å². The molecule has 2 aromatic heterocycles. The Hall–Kier alpha value is -1.92. The molecule has 1 aliphatic rings. The summed E-state index contributed by atoms with van der Waals surface area (Å²) in [5, 5.41) is 16.0. The van der Waals surface area contributed by atoms with Crippen LogP contribution in [0.1, 0.15) is 36.1 Å². The number of aryl methyl sites for hydroxylation is 2. The van der Waals surface area contributed by atoms with Crippen molar-refractivity contribution >= 4 is 0 Å². The first-order chi connectivity index (χ1) is 8.66. The fourth-order valence-electron chi connectivity index (χ4n) is 2.01. The molecule has 96 valence electrons. The molecule has 0 N–H and O–H groups in total. The third kappa shape index (κ3) is 1.85. The molecular weight excluding hydrogens is 232 g/mol. The smallest absolute Gasteiger partial charge is 0.189 e. The highest BCUT2D eigenvalue weighted by Gasteiger charge is 2.28. The normalized spacial score (nSPS) is 15.1. The molecular formula is C11H16N6O. The number of nitrogens with zero attached hydrogens (tertiary/aromatic N) is 6. The van der Waals surface area contributed by atoms with Crippen molar-refractivity contribution in [3.63, 3.8) is 0 Å². The number of hydrogen-bond acceptors (Lipinski definition) is 5. The van der Waals surface area contributed by atoms with E-state index in [4.69, 9.17) is 4.74 Å². The van der Waals surface area contributed by atoms with Crippen LogP contribution >= 0.6 is 0 Å². The van der Waals surface area contributed by atoms with Gasteiger partial charge in [-0.2, -0.15) is 5.10 Å². The summed E-state index contributed by atoms with van der Waals surface area (Å²) in [5.41, 5.74) is 1.90. The molecule has 0 spiro atoms. The maximum absolute atomic E-state index is 5.80. The highest BCUT2D eigenvalue weighted by atomic mass is 16.5. The quantitative estimate of drug-likeness (QED) is 0.805. The van der Waals surface area contributed by atoms with Crippen molar-refractivity contribution in [2.45, 2.75) is 39.3 Å². The average Bonchev–Trinajstić information content (AvgIpc) is 3.03. The molecule has 0 aliphatic heterocycles. The Morgan fingerprint density at radius 1 is 1.33 bits per heavy atom. The fourth-order valence-corrected chi connectivity index (χ4v) is 2.01. The van der Waals surface area contributed by atoms with Crippen LogP contribution in [0.5, 0.6) is 5.75 Å². The number of hydrogen-bond donors (Lipinski definition) is 0. The van der Waals surface area contributed by atoms with Crippen LogP contribution in [0.25, 0.3) is 0 Å². The lowest BCUT2D eigenvalue weighted by Crippen LogP contribution is -2.07. The first kappa shape index (κ1) is 11.2. The van der Waals surface area contributed by atoms with Gasteiger partial charge in [0.05, 0.1) is 11.7 Å². The molecule has 1 aliphatic carbocycles. The van der Waals surface area contributed by atoms with Gasteiger partial charge in [-0.1, -0.05) is 0 Å². The first-order valence-electron chi connectivity index (χ1n) is 6.06. The molecule has 0 unspecified atom stereocenters. The van der Waals surface area contributed by atoms with Gasteiger partial charge in [-0.25, -0.2) is 4.68 Å². The van der Waals surface area contributed by atoms with Gasteiger partial charge in [0, 0.05) is 7.05 Å². The minimum atomic E-state index is 0.386. The van der Waals surface area contributed by atoms with Crippen molar-refractivity contribution < 1.29 is 4.74 Å². The number of ether oxygens (including phenoxy) is 1. The summed E-state index contributed by atoms with van der Waals surface area (Å²) in [6.45, 7) is 4.31. The Bertz CT molecular complexity index is 568. The van der Waals surface area contributed by atoms with E-state index in [9.17, 15) is 0 Å². The fraction of sp³-hybridized carbons (Fsp3) is 0.636. The Morgan fingerprint density at radius 2 is 2.11 bits per heavy atom. The highest BCUT2D eigenvalue weighted by molar-refractivity contribution is 5.31. The highest BCUT2D eigenvalue weighted by Crippen LogP contribution is 2.34. The van der Waals surface area contributed by atoms with E-state index >= 15 is 0 Å². The summed E-state index contributed by atoms with van der Waals surface area (Å²) < 4.78 is 9.48. The zero-order valence-electron chi connectivity index (χ0n) is 10.8. The predicted octanol–water partition coefficient (Wildman–Crippen LogP) is 0.937. The van der Waals surface area contributed by atoms with E-state index < -0.39 is 0 Å². The van der Waals surface area contributed by atoms with Gasteiger partial charge in [-0.3, -0.25) is 4.68 Å². The maximum Gasteiger partial charge on any atom is 0.189 e. The maximum atomic E-state index is 5.80. The van der Waals surface area contributed by atoms with Gasteiger partial charge in [0.25, 0.3) is 0 Å². The van der Waals surface area contributed by atoms with E-state index in [0.717, 1.165) is 35.8 Å². The van der Waals surface area contributed by atoms with Crippen LogP contribution in [0.15, 0.2) is 0 Å². The van der Waals surface area contributed by atoms with Crippen molar-refractivity contribution in [1.29, 1.82) is 0 Å². The van der Waals surface area contributed by atoms with Crippen LogP contribution in [0.2, 0.25) is 0 Å². The molecule has 7 heteroatoms. The third-order valence-electron chi connectivity index (χ3n) is 3.24. The summed E-state index contributed by atoms with van der Waals surface area (Å²) in [6, 6.07) is 0.467. The van der Waals surface area contributed by atoms with Gasteiger partial charge >= 0.3 is 0 Å². The zero-order chi connectivity index (χ0) is 12.7. The van der Waals surface area contributed by atoms with Crippen LogP contribution in [0, 0.1) is 13.8 Å². The average molecular weight is 248 g/mol. The second-order valence-electron chi connectivity index (χ2n) is 4.68. The molecule has 0 radical (unpaired) electrons. The summed E-state index contributed by atoms with van der Waals surface area (Å²) in [6.07, 6.45) is 2.31. The third-order valence-corrected chi connectivity index (χ3v) is 3.24. The van der Waals surface area contributed by atoms with Gasteiger partial charge in [0.1, 0.15) is 12.3 Å². The number of tetrazole rings is 1. The summed E-state index contributed by atoms with van der Waals surface area (Å²) >= 11 is 0. The van der Waals surface area contributed by atoms with E-state index in [1.54, 1.807) is 0 Å². The summed E-state index contributed by atoms with van der Waals surface area (Å²) in [5.74, 6) is 1.60. The minimum Gasteiger partial charge on any atom is -0.482 e. The largest absolute Gasteiger partial charge is 0.482 e. The molecule has 7 nitrogen and oxygen atoms in total. The van der Waals surface area contributed by atoms with Crippen molar-refractivity contribution in [2.24, 2.45) is 7.05 Å². The van der Waals surface area contributed by atoms with Crippen molar-refractivity contribution in [3.8, 4) is 5.75 Å². The molecule has 0 saturated heterocycles. The van der Waals surface area contributed by atoms with Crippen LogP contribution in [-0.2, 0) is 13.7 Å². The van der Waals surface area contributed by atoms with E-state index in [-0.39, 0.29) is 0 Å². The van der Waals surface area contributed by atoms with E-state index in [2.05, 4.69) is 20.6 Å². The second-order valence-corrected chi connectivity index (χ2v) is 4.68. The van der Waals surface area contributed by atoms with E-state index in [1.165, 1.54) is 0 Å². The second kappa shape index (κ2) is 4.08. The molecule has 0 atom stereocenters. The predicted molar refractivity (Wildman–Crippen MR) is 63.1 cm³/mol. The molecule has 0 bridgehead atoms. The minimum absolute atomic E-state index is 0.386. The van der Waals surface area contributed by atoms with Crippen molar-refractivity contribution in [1.82, 2.24) is 30.0 Å². The first-order valence-corrected chi connectivity index (χ1v) is 6.06. The van der Waals surface area contributed by atoms with Crippen LogP contribution in [-0.4, -0.2) is 30.0 Å². The standard InChI is InChI=1S/C11H16N6O/c1-7-11(8(2)16(3)13-7)18-6-10-12-14-15-17(10)9-4-5-9/h9H,4-6H2,1-3H3. The van der Waals surface area contributed by atoms with Gasteiger partial charge in [0.2, 0.25) is 0 Å². The van der Waals surface area contributed by atoms with Gasteiger partial charge in [-0.05, 0) is 37.1 Å². The molecule has 0 amide bonds. The van der Waals surface area contributed by atoms with Gasteiger partial charge in [-0.15, -0.1) is 5.10 Å². The molecule has 18 heavy (non-hydrogen) atoms. The molecule has 2 aromatic rings. The van der Waals surface area contributed by atoms with Crippen molar-refractivity contribution in [2.75, 3.05) is 0 Å². The Morgan fingerprint density at radius 3 is 2.72 bits per heavy atom. The lowest BCUT2D eigenvalue weighted by Gasteiger charge is -2.06. The molecule has 1 fully saturated rings. The monoisotopic (exact) mass is 248 g/mol. The number of aromatic nitrogens is 6. The molecule has 1 saturated carbocycles. The summed E-state index contributed by atoms with van der Waals surface area (Å²) in [4.78, 5) is 0. The van der Waals surface area contributed by atoms with Gasteiger partial charge in [0.15, 0.2) is 11.6 Å². The van der Waals surface area contributed by atoms with E-state index in [0.29, 0.717) is 12.6 Å². The van der Waals surface area contributed by atoms with E-state index in [1.807, 2.05) is 30.3 Å². The molecule has 2 heterocycles. The Kier molecular flexibility index (Phi) is 2.53. The zero-order valence-corrected chi connectivity index (χ0v) is 10.8. The Labute approximate surface area is 105 Å². The molecule has 3 rings (SSSR count). The van der Waals surface area contributed by atoms with Crippen LogP contribution < -0.4 is 4.74 Å². The van der Waals surface area contributed by atoms with Crippen molar-refractivity contribution in [3.05, 3.63) is 17.2 Å². The molecule has 0 aromatic carbocycles. The topological polar surface area (TPSA) is 70.7 Å². The Balaban J connectivity index is 1.75. The lowest BCUT2D eigenvalue weighted by atomic mass is 10.3. The lowest BCUT2D eigenvalue weighted by molar-refractivity contribution is 0.282. The SMILES string of the molecule is Cc1nn(C)c(C)c1OCc1nnnn1C1CC1. The van der Waals surface area contributed by atoms with Gasteiger partial charge < -0.3 is 4.74 Å². The number of rotatable bonds is 4.